The summed E-state index contributed by atoms with van der Waals surface area (Å²) >= 11 is 1.37. The molecule has 0 aliphatic carbocycles. The first kappa shape index (κ1) is 31.1. The minimum absolute atomic E-state index is 0. The summed E-state index contributed by atoms with van der Waals surface area (Å²) in [6.45, 7) is 4.44. The van der Waals surface area contributed by atoms with Crippen LogP contribution in [-0.4, -0.2) is 83.0 Å². The lowest BCUT2D eigenvalue weighted by atomic mass is 10.0. The Bertz CT molecular complexity index is 1330. The molecule has 4 rings (SSSR count). The number of carbonyl (C=O) groups is 1. The van der Waals surface area contributed by atoms with E-state index in [9.17, 15) is 13.2 Å². The van der Waals surface area contributed by atoms with E-state index >= 15 is 0 Å². The number of benzene rings is 2. The lowest BCUT2D eigenvalue weighted by molar-refractivity contribution is 0.0986. The van der Waals surface area contributed by atoms with E-state index in [1.165, 1.54) is 23.5 Å². The number of anilines is 1. The number of nitrogens with zero attached hydrogens (tertiary/aromatic N) is 4. The zero-order valence-electron chi connectivity index (χ0n) is 23.0. The van der Waals surface area contributed by atoms with E-state index in [4.69, 9.17) is 14.5 Å². The summed E-state index contributed by atoms with van der Waals surface area (Å²) in [6, 6.07) is 9.87. The third-order valence-electron chi connectivity index (χ3n) is 6.84. The van der Waals surface area contributed by atoms with Gasteiger partial charge in [-0.05, 0) is 82.2 Å². The molecule has 0 unspecified atom stereocenters. The fourth-order valence-electron chi connectivity index (χ4n) is 4.52. The molecule has 1 aliphatic heterocycles. The maximum absolute atomic E-state index is 13.8. The average molecular weight is 597 g/mol. The second-order valence-corrected chi connectivity index (χ2v) is 12.8. The number of halogens is 1. The van der Waals surface area contributed by atoms with Gasteiger partial charge in [-0.3, -0.25) is 9.69 Å². The smallest absolute Gasteiger partial charge is 0.260 e. The number of hydrogen-bond donors (Lipinski definition) is 0. The van der Waals surface area contributed by atoms with Crippen LogP contribution >= 0.6 is 23.7 Å². The van der Waals surface area contributed by atoms with Gasteiger partial charge in [0, 0.05) is 25.2 Å². The summed E-state index contributed by atoms with van der Waals surface area (Å²) in [5.41, 5.74) is 1.04. The first-order valence-electron chi connectivity index (χ1n) is 12.7. The number of ether oxygens (including phenoxy) is 2. The largest absolute Gasteiger partial charge is 0.495 e. The summed E-state index contributed by atoms with van der Waals surface area (Å²) in [5, 5.41) is 0.533. The number of thiazole rings is 1. The molecule has 39 heavy (non-hydrogen) atoms. The Morgan fingerprint density at radius 2 is 1.64 bits per heavy atom. The molecule has 0 spiro atoms. The number of aromatic nitrogens is 1. The topological polar surface area (TPSA) is 92.3 Å². The highest BCUT2D eigenvalue weighted by Crippen LogP contribution is 2.40. The van der Waals surface area contributed by atoms with Gasteiger partial charge >= 0.3 is 0 Å². The van der Waals surface area contributed by atoms with Gasteiger partial charge in [-0.2, -0.15) is 4.31 Å². The molecule has 3 aromatic rings. The van der Waals surface area contributed by atoms with Crippen LogP contribution < -0.4 is 14.4 Å². The molecular formula is C27H37ClN4O5S2. The number of hydrogen-bond acceptors (Lipinski definition) is 8. The third kappa shape index (κ3) is 6.83. The van der Waals surface area contributed by atoms with E-state index in [-0.39, 0.29) is 23.2 Å². The normalized spacial score (nSPS) is 14.8. The van der Waals surface area contributed by atoms with E-state index in [2.05, 4.69) is 11.8 Å². The van der Waals surface area contributed by atoms with Crippen molar-refractivity contribution < 1.29 is 22.7 Å². The number of sulfonamides is 1. The van der Waals surface area contributed by atoms with Gasteiger partial charge in [0.05, 0.1) is 19.1 Å². The molecule has 2 heterocycles. The van der Waals surface area contributed by atoms with Crippen molar-refractivity contribution in [2.75, 3.05) is 59.4 Å². The molecule has 1 amide bonds. The zero-order chi connectivity index (χ0) is 27.4. The van der Waals surface area contributed by atoms with Crippen molar-refractivity contribution in [3.05, 3.63) is 42.0 Å². The van der Waals surface area contributed by atoms with E-state index in [1.807, 2.05) is 20.2 Å². The number of carbonyl (C=O) groups excluding carboxylic acids is 1. The number of amides is 1. The predicted octanol–water partition coefficient (Wildman–Crippen LogP) is 4.75. The van der Waals surface area contributed by atoms with E-state index in [1.54, 1.807) is 41.6 Å². The van der Waals surface area contributed by atoms with E-state index in [0.717, 1.165) is 30.5 Å². The minimum atomic E-state index is -3.59. The highest BCUT2D eigenvalue weighted by molar-refractivity contribution is 7.89. The molecule has 1 saturated heterocycles. The number of rotatable bonds is 10. The van der Waals surface area contributed by atoms with Crippen LogP contribution in [0.2, 0.25) is 0 Å². The van der Waals surface area contributed by atoms with Crippen molar-refractivity contribution in [3.8, 4) is 11.5 Å². The van der Waals surface area contributed by atoms with Crippen LogP contribution in [0, 0.1) is 5.92 Å². The van der Waals surface area contributed by atoms with E-state index < -0.39 is 10.0 Å². The van der Waals surface area contributed by atoms with Crippen LogP contribution in [-0.2, 0) is 10.0 Å². The van der Waals surface area contributed by atoms with Crippen LogP contribution in [0.1, 0.15) is 36.5 Å². The Kier molecular flexibility index (Phi) is 10.6. The van der Waals surface area contributed by atoms with Gasteiger partial charge in [-0.1, -0.05) is 18.3 Å². The number of methoxy groups -OCH3 is 2. The SMILES string of the molecule is COc1ccc(OC)c2sc(N(CCCN(C)C)C(=O)c3ccc(S(=O)(=O)N4CCC(C)CC4)cc3)nc12.Cl. The van der Waals surface area contributed by atoms with Crippen molar-refractivity contribution in [1.82, 2.24) is 14.2 Å². The molecule has 0 bridgehead atoms. The van der Waals surface area contributed by atoms with Gasteiger partial charge in [-0.15, -0.1) is 12.4 Å². The summed E-state index contributed by atoms with van der Waals surface area (Å²) < 4.78 is 39.7. The predicted molar refractivity (Wildman–Crippen MR) is 158 cm³/mol. The van der Waals surface area contributed by atoms with Gasteiger partial charge in [-0.25, -0.2) is 13.4 Å². The van der Waals surface area contributed by atoms with Gasteiger partial charge < -0.3 is 14.4 Å². The maximum Gasteiger partial charge on any atom is 0.260 e. The van der Waals surface area contributed by atoms with Gasteiger partial charge in [0.1, 0.15) is 21.7 Å². The van der Waals surface area contributed by atoms with Crippen molar-refractivity contribution >= 4 is 55.0 Å². The maximum atomic E-state index is 13.8. The van der Waals surface area contributed by atoms with Crippen molar-refractivity contribution in [3.63, 3.8) is 0 Å². The minimum Gasteiger partial charge on any atom is -0.495 e. The molecule has 0 atom stereocenters. The van der Waals surface area contributed by atoms with Crippen LogP contribution in [0.3, 0.4) is 0 Å². The Balaban J connectivity index is 0.00000420. The van der Waals surface area contributed by atoms with Crippen LogP contribution in [0.4, 0.5) is 5.13 Å². The molecule has 1 aliphatic rings. The van der Waals surface area contributed by atoms with E-state index in [0.29, 0.717) is 53.3 Å². The van der Waals surface area contributed by atoms with Crippen molar-refractivity contribution in [2.24, 2.45) is 5.92 Å². The van der Waals surface area contributed by atoms with Crippen molar-refractivity contribution in [1.29, 1.82) is 0 Å². The van der Waals surface area contributed by atoms with Gasteiger partial charge in [0.2, 0.25) is 10.0 Å². The summed E-state index contributed by atoms with van der Waals surface area (Å²) in [4.78, 5) is 22.5. The van der Waals surface area contributed by atoms with Crippen molar-refractivity contribution in [2.45, 2.75) is 31.1 Å². The molecule has 1 aromatic heterocycles. The number of fused-ring (bicyclic) bond motifs is 1. The second-order valence-electron chi connectivity index (χ2n) is 9.87. The summed E-state index contributed by atoms with van der Waals surface area (Å²) in [5.74, 6) is 1.55. The fraction of sp³-hybridized carbons (Fsp3) is 0.481. The fourth-order valence-corrected chi connectivity index (χ4v) is 7.09. The molecule has 1 fully saturated rings. The molecule has 0 radical (unpaired) electrons. The molecule has 12 heteroatoms. The lowest BCUT2D eigenvalue weighted by Gasteiger charge is -2.29. The Hall–Kier alpha value is -2.44. The quantitative estimate of drug-likeness (QED) is 0.333. The third-order valence-corrected chi connectivity index (χ3v) is 9.85. The van der Waals surface area contributed by atoms with Crippen LogP contribution in [0.25, 0.3) is 10.2 Å². The van der Waals surface area contributed by atoms with Crippen LogP contribution in [0.15, 0.2) is 41.3 Å². The second kappa shape index (κ2) is 13.3. The average Bonchev–Trinajstić information content (AvgIpc) is 3.35. The standard InChI is InChI=1S/C27H36N4O5S2.ClH/c1-19-13-17-30(18-14-19)38(33,34)21-9-7-20(8-10-21)26(32)31(16-6-15-29(2)3)27-28-24-22(35-4)11-12-23(36-5)25(24)37-27;/h7-12,19H,6,13-18H2,1-5H3;1H. The number of piperidine rings is 1. The molecule has 2 aromatic carbocycles. The Morgan fingerprint density at radius 3 is 2.23 bits per heavy atom. The zero-order valence-corrected chi connectivity index (χ0v) is 25.5. The molecule has 0 N–H and O–H groups in total. The highest BCUT2D eigenvalue weighted by atomic mass is 35.5. The van der Waals surface area contributed by atoms with Gasteiger partial charge in [0.15, 0.2) is 5.13 Å². The first-order valence-corrected chi connectivity index (χ1v) is 15.0. The first-order chi connectivity index (χ1) is 18.1. The monoisotopic (exact) mass is 596 g/mol. The molecule has 0 saturated carbocycles. The van der Waals surface area contributed by atoms with Crippen LogP contribution in [0.5, 0.6) is 11.5 Å². The molecule has 9 nitrogen and oxygen atoms in total. The summed E-state index contributed by atoms with van der Waals surface area (Å²) in [7, 11) is 3.57. The summed E-state index contributed by atoms with van der Waals surface area (Å²) in [6.07, 6.45) is 2.45. The van der Waals surface area contributed by atoms with Gasteiger partial charge in [0.25, 0.3) is 5.91 Å². The highest BCUT2D eigenvalue weighted by Gasteiger charge is 2.29. The molecule has 214 valence electrons. The lowest BCUT2D eigenvalue weighted by Crippen LogP contribution is -2.38. The Morgan fingerprint density at radius 1 is 1.03 bits per heavy atom. The molecular weight excluding hydrogens is 560 g/mol. The Labute approximate surface area is 241 Å².